The van der Waals surface area contributed by atoms with E-state index < -0.39 is 72.1 Å². The van der Waals surface area contributed by atoms with Crippen LogP contribution in [0.15, 0.2) is 24.0 Å². The number of likely N-dealkylation sites (tertiary alicyclic amines) is 1. The molecule has 0 unspecified atom stereocenters. The summed E-state index contributed by atoms with van der Waals surface area (Å²) < 4.78 is 17.8. The number of piperidine rings is 1. The van der Waals surface area contributed by atoms with E-state index in [1.165, 1.54) is 12.1 Å². The van der Waals surface area contributed by atoms with Crippen molar-refractivity contribution >= 4 is 23.9 Å². The molecule has 1 aromatic carbocycles. The average molecular weight is 533 g/mol. The van der Waals surface area contributed by atoms with Crippen molar-refractivity contribution in [3.8, 4) is 11.5 Å². The van der Waals surface area contributed by atoms with Gasteiger partial charge in [-0.05, 0) is 44.1 Å². The number of hydrogen-bond acceptors (Lipinski definition) is 11. The first-order chi connectivity index (χ1) is 17.9. The van der Waals surface area contributed by atoms with Crippen LogP contribution in [0.5, 0.6) is 11.5 Å². The molecular weight excluding hydrogens is 506 g/mol. The fourth-order valence-electron chi connectivity index (χ4n) is 6.52. The number of nitrogens with zero attached hydrogens (tertiary/aromatic N) is 1. The summed E-state index contributed by atoms with van der Waals surface area (Å²) in [5.74, 6) is -5.10. The van der Waals surface area contributed by atoms with Crippen molar-refractivity contribution in [1.29, 1.82) is 0 Å². The molecule has 38 heavy (non-hydrogen) atoms. The van der Waals surface area contributed by atoms with Crippen LogP contribution in [0.1, 0.15) is 36.8 Å². The molecule has 0 saturated carbocycles. The first-order valence-corrected chi connectivity index (χ1v) is 12.1. The van der Waals surface area contributed by atoms with Crippen LogP contribution >= 0.6 is 0 Å². The Morgan fingerprint density at radius 1 is 1.11 bits per heavy atom. The zero-order valence-corrected chi connectivity index (χ0v) is 20.3. The van der Waals surface area contributed by atoms with E-state index in [-0.39, 0.29) is 23.7 Å². The van der Waals surface area contributed by atoms with Crippen LogP contribution in [0.25, 0.3) is 0 Å². The highest BCUT2D eigenvalue weighted by Crippen LogP contribution is 2.66. The summed E-state index contributed by atoms with van der Waals surface area (Å²) in [6.45, 7) is 0.523. The molecule has 1 spiro atoms. The van der Waals surface area contributed by atoms with E-state index in [0.717, 1.165) is 5.56 Å². The molecule has 2 bridgehead atoms. The predicted octanol–water partition coefficient (Wildman–Crippen LogP) is -0.565. The number of likely N-dealkylation sites (N-methyl/N-ethyl adjacent to an activating group) is 1. The first kappa shape index (κ1) is 25.9. The number of phenols is 1. The number of carboxylic acids is 2. The Morgan fingerprint density at radius 2 is 1.76 bits per heavy atom. The summed E-state index contributed by atoms with van der Waals surface area (Å²) in [6, 6.07) is 2.83. The monoisotopic (exact) mass is 533 g/mol. The van der Waals surface area contributed by atoms with E-state index in [1.54, 1.807) is 6.07 Å². The number of rotatable bonds is 8. The number of esters is 2. The molecule has 1 saturated heterocycles. The van der Waals surface area contributed by atoms with Crippen LogP contribution in [0.2, 0.25) is 0 Å². The number of aliphatic hydroxyl groups excluding tert-OH is 2. The van der Waals surface area contributed by atoms with Gasteiger partial charge in [-0.15, -0.1) is 0 Å². The van der Waals surface area contributed by atoms with Gasteiger partial charge in [0.25, 0.3) is 0 Å². The standard InChI is InChI=1S/C25H27NO12/c1-26-7-6-24-19-11-2-3-12(27)20(19)37-21(24)15(36-17(30)9-13(28)22(32)33)4-5-25(24,16(26)8-11)38-18(31)10-14(29)23(34)35/h2-4,13-14,16,21,27-29H,5-10H2,1H3,(H,32,33)(H,34,35)/t13-,14-,16+,21-,24-,25+/m0/s1. The third-order valence-electron chi connectivity index (χ3n) is 8.13. The quantitative estimate of drug-likeness (QED) is 0.266. The molecule has 5 rings (SSSR count). The summed E-state index contributed by atoms with van der Waals surface area (Å²) in [5, 5.41) is 48.1. The van der Waals surface area contributed by atoms with Crippen molar-refractivity contribution in [3.63, 3.8) is 0 Å². The second kappa shape index (κ2) is 8.96. The van der Waals surface area contributed by atoms with E-state index >= 15 is 0 Å². The van der Waals surface area contributed by atoms with Gasteiger partial charge < -0.3 is 39.7 Å². The summed E-state index contributed by atoms with van der Waals surface area (Å²) in [4.78, 5) is 49.7. The minimum atomic E-state index is -1.97. The van der Waals surface area contributed by atoms with Crippen LogP contribution in [-0.4, -0.2) is 97.9 Å². The maximum Gasteiger partial charge on any atom is 0.333 e. The third-order valence-corrected chi connectivity index (χ3v) is 8.13. The molecule has 5 N–H and O–H groups in total. The lowest BCUT2D eigenvalue weighted by Gasteiger charge is -2.62. The molecular formula is C25H27NO12. The summed E-state index contributed by atoms with van der Waals surface area (Å²) in [7, 11) is 1.86. The number of phenolic OH excluding ortho intramolecular Hbond substituents is 1. The lowest BCUT2D eigenvalue weighted by Crippen LogP contribution is -2.75. The van der Waals surface area contributed by atoms with Crippen LogP contribution in [0.3, 0.4) is 0 Å². The van der Waals surface area contributed by atoms with Crippen molar-refractivity contribution in [2.45, 2.75) is 67.5 Å². The highest BCUT2D eigenvalue weighted by Gasteiger charge is 2.74. The van der Waals surface area contributed by atoms with Crippen molar-refractivity contribution in [2.24, 2.45) is 0 Å². The second-order valence-corrected chi connectivity index (χ2v) is 10.1. The van der Waals surface area contributed by atoms with Crippen molar-refractivity contribution in [1.82, 2.24) is 4.90 Å². The van der Waals surface area contributed by atoms with E-state index in [4.69, 9.17) is 24.4 Å². The second-order valence-electron chi connectivity index (χ2n) is 10.1. The Labute approximate surface area is 215 Å². The van der Waals surface area contributed by atoms with Gasteiger partial charge in [-0.3, -0.25) is 14.5 Å². The number of carboxylic acid groups (broad SMARTS) is 2. The Morgan fingerprint density at radius 3 is 2.42 bits per heavy atom. The number of aliphatic hydroxyl groups is 2. The number of hydrogen-bond donors (Lipinski definition) is 5. The van der Waals surface area contributed by atoms with E-state index in [1.807, 2.05) is 11.9 Å². The molecule has 0 amide bonds. The fourth-order valence-corrected chi connectivity index (χ4v) is 6.52. The van der Waals surface area contributed by atoms with Gasteiger partial charge in [-0.25, -0.2) is 9.59 Å². The molecule has 13 heteroatoms. The number of aromatic hydroxyl groups is 1. The number of carbonyl (C=O) groups excluding carboxylic acids is 2. The number of carbonyl (C=O) groups is 4. The van der Waals surface area contributed by atoms with Crippen LogP contribution in [0, 0.1) is 0 Å². The Hall–Kier alpha value is -3.68. The molecule has 2 heterocycles. The first-order valence-electron chi connectivity index (χ1n) is 12.1. The van der Waals surface area contributed by atoms with Gasteiger partial charge in [0.2, 0.25) is 0 Å². The molecule has 2 aliphatic heterocycles. The zero-order valence-electron chi connectivity index (χ0n) is 20.3. The Kier molecular flexibility index (Phi) is 6.12. The SMILES string of the molecule is CN1CC[C@]23c4c5ccc(O)c4O[C@H]2C(OC(=O)C[C@H](O)C(=O)O)=CC[C@@]3(OC(=O)C[C@H](O)C(=O)O)[C@H]1C5. The van der Waals surface area contributed by atoms with Gasteiger partial charge >= 0.3 is 23.9 Å². The topological polar surface area (TPSA) is 200 Å². The third kappa shape index (κ3) is 3.64. The Bertz CT molecular complexity index is 1260. The molecule has 4 aliphatic rings. The minimum Gasteiger partial charge on any atom is -0.504 e. The van der Waals surface area contributed by atoms with Crippen molar-refractivity contribution in [2.75, 3.05) is 13.6 Å². The predicted molar refractivity (Wildman–Crippen MR) is 123 cm³/mol. The molecule has 204 valence electrons. The van der Waals surface area contributed by atoms with Gasteiger partial charge in [0.1, 0.15) is 11.4 Å². The maximum atomic E-state index is 13.0. The minimum absolute atomic E-state index is 0.0232. The number of ether oxygens (including phenoxy) is 3. The van der Waals surface area contributed by atoms with Gasteiger partial charge in [0, 0.05) is 12.0 Å². The fraction of sp³-hybridized carbons (Fsp3) is 0.520. The zero-order chi connectivity index (χ0) is 27.6. The van der Waals surface area contributed by atoms with E-state index in [2.05, 4.69) is 0 Å². The highest BCUT2D eigenvalue weighted by molar-refractivity contribution is 5.82. The van der Waals surface area contributed by atoms with Gasteiger partial charge in [0.15, 0.2) is 29.8 Å². The number of aliphatic carboxylic acids is 2. The summed E-state index contributed by atoms with van der Waals surface area (Å²) >= 11 is 0. The van der Waals surface area contributed by atoms with Crippen molar-refractivity contribution < 1.29 is 58.9 Å². The lowest BCUT2D eigenvalue weighted by atomic mass is 9.50. The molecule has 2 aliphatic carbocycles. The molecule has 1 fully saturated rings. The molecule has 6 atom stereocenters. The Balaban J connectivity index is 1.60. The highest BCUT2D eigenvalue weighted by atomic mass is 16.6. The largest absolute Gasteiger partial charge is 0.504 e. The normalized spacial score (nSPS) is 30.2. The molecule has 0 radical (unpaired) electrons. The molecule has 1 aromatic rings. The van der Waals surface area contributed by atoms with E-state index in [9.17, 15) is 34.5 Å². The van der Waals surface area contributed by atoms with E-state index in [0.29, 0.717) is 24.9 Å². The van der Waals surface area contributed by atoms with Gasteiger partial charge in [-0.1, -0.05) is 6.07 Å². The smallest absolute Gasteiger partial charge is 0.333 e. The van der Waals surface area contributed by atoms with Gasteiger partial charge in [0.05, 0.1) is 24.3 Å². The average Bonchev–Trinajstić information content (AvgIpc) is 3.20. The van der Waals surface area contributed by atoms with Crippen LogP contribution in [-0.2, 0) is 40.5 Å². The van der Waals surface area contributed by atoms with Crippen LogP contribution in [0.4, 0.5) is 0 Å². The van der Waals surface area contributed by atoms with Crippen LogP contribution < -0.4 is 4.74 Å². The maximum absolute atomic E-state index is 13.0. The van der Waals surface area contributed by atoms with Crippen molar-refractivity contribution in [3.05, 3.63) is 35.1 Å². The summed E-state index contributed by atoms with van der Waals surface area (Å²) in [6.07, 6.45) is -4.30. The van der Waals surface area contributed by atoms with Gasteiger partial charge in [-0.2, -0.15) is 0 Å². The lowest BCUT2D eigenvalue weighted by molar-refractivity contribution is -0.208. The number of benzene rings is 1. The summed E-state index contributed by atoms with van der Waals surface area (Å²) in [5.41, 5.74) is -1.04. The molecule has 0 aromatic heterocycles. The molecule has 13 nitrogen and oxygen atoms in total.